The maximum Gasteiger partial charge on any atom is 0.268 e. The molecule has 1 aromatic heterocycles. The summed E-state index contributed by atoms with van der Waals surface area (Å²) >= 11 is 0. The van der Waals surface area contributed by atoms with Crippen molar-refractivity contribution in [2.24, 2.45) is 0 Å². The Morgan fingerprint density at radius 2 is 1.71 bits per heavy atom. The van der Waals surface area contributed by atoms with Crippen LogP contribution in [0.1, 0.15) is 27.2 Å². The molecule has 0 saturated carbocycles. The van der Waals surface area contributed by atoms with Gasteiger partial charge in [0.25, 0.3) is 5.91 Å². The van der Waals surface area contributed by atoms with Gasteiger partial charge in [0, 0.05) is 19.3 Å². The molecule has 4 nitrogen and oxygen atoms in total. The molecule has 4 heteroatoms. The van der Waals surface area contributed by atoms with E-state index in [1.807, 2.05) is 65.4 Å². The van der Waals surface area contributed by atoms with Crippen LogP contribution in [-0.2, 0) is 13.1 Å². The number of aromatic nitrogens is 1. The van der Waals surface area contributed by atoms with E-state index in [4.69, 9.17) is 5.26 Å². The molecule has 0 unspecified atom stereocenters. The minimum atomic E-state index is -0.111. The Morgan fingerprint density at radius 3 is 2.42 bits per heavy atom. The van der Waals surface area contributed by atoms with Crippen molar-refractivity contribution in [1.82, 2.24) is 9.88 Å². The fourth-order valence-electron chi connectivity index (χ4n) is 2.51. The molecule has 0 atom stereocenters. The van der Waals surface area contributed by atoms with Crippen LogP contribution in [-0.4, -0.2) is 10.5 Å². The highest BCUT2D eigenvalue weighted by Gasteiger charge is 2.10. The summed E-state index contributed by atoms with van der Waals surface area (Å²) < 4.78 is 1.93. The number of hydrogen-bond donors (Lipinski definition) is 1. The minimum Gasteiger partial charge on any atom is -0.347 e. The van der Waals surface area contributed by atoms with Crippen molar-refractivity contribution in [2.75, 3.05) is 0 Å². The van der Waals surface area contributed by atoms with E-state index in [1.54, 1.807) is 12.1 Å². The molecule has 3 rings (SSSR count). The minimum absolute atomic E-state index is 0.111. The van der Waals surface area contributed by atoms with E-state index in [9.17, 15) is 4.79 Å². The maximum absolute atomic E-state index is 12.4. The zero-order valence-corrected chi connectivity index (χ0v) is 13.1. The van der Waals surface area contributed by atoms with E-state index in [2.05, 4.69) is 11.4 Å². The molecule has 3 aromatic rings. The molecule has 1 heterocycles. The van der Waals surface area contributed by atoms with Gasteiger partial charge >= 0.3 is 0 Å². The molecule has 0 radical (unpaired) electrons. The molecule has 24 heavy (non-hydrogen) atoms. The summed E-state index contributed by atoms with van der Waals surface area (Å²) in [5, 5.41) is 11.7. The number of amides is 1. The van der Waals surface area contributed by atoms with E-state index in [1.165, 1.54) is 0 Å². The second-order valence-corrected chi connectivity index (χ2v) is 5.50. The molecule has 0 bridgehead atoms. The molecule has 0 fully saturated rings. The molecule has 0 saturated heterocycles. The van der Waals surface area contributed by atoms with Gasteiger partial charge in [-0.15, -0.1) is 0 Å². The van der Waals surface area contributed by atoms with Crippen LogP contribution < -0.4 is 5.32 Å². The smallest absolute Gasteiger partial charge is 0.268 e. The second kappa shape index (κ2) is 7.30. The Hall–Kier alpha value is -3.32. The van der Waals surface area contributed by atoms with Crippen molar-refractivity contribution in [1.29, 1.82) is 5.26 Å². The Labute approximate surface area is 141 Å². The third kappa shape index (κ3) is 3.71. The average molecular weight is 315 g/mol. The zero-order chi connectivity index (χ0) is 16.8. The van der Waals surface area contributed by atoms with Gasteiger partial charge in [-0.3, -0.25) is 4.79 Å². The summed E-state index contributed by atoms with van der Waals surface area (Å²) in [7, 11) is 0. The standard InChI is InChI=1S/C20H17N3O/c21-13-16-8-10-17(11-9-16)14-22-20(24)19-7-4-12-23(19)15-18-5-2-1-3-6-18/h1-12H,14-15H2,(H,22,24). The number of rotatable bonds is 5. The number of nitrogens with zero attached hydrogens (tertiary/aromatic N) is 2. The highest BCUT2D eigenvalue weighted by Crippen LogP contribution is 2.09. The van der Waals surface area contributed by atoms with E-state index >= 15 is 0 Å². The van der Waals surface area contributed by atoms with Crippen LogP contribution in [0.4, 0.5) is 0 Å². The fourth-order valence-corrected chi connectivity index (χ4v) is 2.51. The molecule has 2 aromatic carbocycles. The first kappa shape index (κ1) is 15.6. The first-order valence-electron chi connectivity index (χ1n) is 7.72. The lowest BCUT2D eigenvalue weighted by Crippen LogP contribution is -2.25. The van der Waals surface area contributed by atoms with Crippen molar-refractivity contribution < 1.29 is 4.79 Å². The summed E-state index contributed by atoms with van der Waals surface area (Å²) in [6.07, 6.45) is 1.91. The molecular weight excluding hydrogens is 298 g/mol. The van der Waals surface area contributed by atoms with Gasteiger partial charge in [0.1, 0.15) is 5.69 Å². The summed E-state index contributed by atoms with van der Waals surface area (Å²) in [6, 6.07) is 23.0. The molecule has 0 aliphatic heterocycles. The Bertz CT molecular complexity index is 858. The zero-order valence-electron chi connectivity index (χ0n) is 13.1. The molecule has 0 aliphatic carbocycles. The lowest BCUT2D eigenvalue weighted by molar-refractivity contribution is 0.0942. The molecule has 0 aliphatic rings. The van der Waals surface area contributed by atoms with Gasteiger partial charge in [0.05, 0.1) is 11.6 Å². The van der Waals surface area contributed by atoms with Gasteiger partial charge < -0.3 is 9.88 Å². The van der Waals surface area contributed by atoms with Gasteiger partial charge in [-0.25, -0.2) is 0 Å². The first-order valence-corrected chi connectivity index (χ1v) is 7.72. The number of benzene rings is 2. The maximum atomic E-state index is 12.4. The van der Waals surface area contributed by atoms with Crippen molar-refractivity contribution >= 4 is 5.91 Å². The summed E-state index contributed by atoms with van der Waals surface area (Å²) in [6.45, 7) is 1.09. The lowest BCUT2D eigenvalue weighted by atomic mass is 10.1. The van der Waals surface area contributed by atoms with Gasteiger partial charge in [-0.1, -0.05) is 42.5 Å². The summed E-state index contributed by atoms with van der Waals surface area (Å²) in [5.74, 6) is -0.111. The topological polar surface area (TPSA) is 57.8 Å². The van der Waals surface area contributed by atoms with Gasteiger partial charge in [-0.2, -0.15) is 5.26 Å². The average Bonchev–Trinajstić information content (AvgIpc) is 3.09. The largest absolute Gasteiger partial charge is 0.347 e. The number of carbonyl (C=O) groups excluding carboxylic acids is 1. The van der Waals surface area contributed by atoms with Crippen LogP contribution in [0.2, 0.25) is 0 Å². The van der Waals surface area contributed by atoms with E-state index in [0.29, 0.717) is 24.3 Å². The summed E-state index contributed by atoms with van der Waals surface area (Å²) in [5.41, 5.74) is 3.35. The number of nitriles is 1. The molecule has 1 amide bonds. The van der Waals surface area contributed by atoms with Gasteiger partial charge in [-0.05, 0) is 35.4 Å². The first-order chi connectivity index (χ1) is 11.8. The molecular formula is C20H17N3O. The number of nitrogens with one attached hydrogen (secondary N) is 1. The van der Waals surface area contributed by atoms with Crippen molar-refractivity contribution in [3.05, 3.63) is 95.3 Å². The van der Waals surface area contributed by atoms with Crippen molar-refractivity contribution in [3.63, 3.8) is 0 Å². The fraction of sp³-hybridized carbons (Fsp3) is 0.100. The normalized spacial score (nSPS) is 10.1. The number of hydrogen-bond acceptors (Lipinski definition) is 2. The van der Waals surface area contributed by atoms with Gasteiger partial charge in [0.2, 0.25) is 0 Å². The quantitative estimate of drug-likeness (QED) is 0.785. The van der Waals surface area contributed by atoms with Crippen LogP contribution in [0.5, 0.6) is 0 Å². The van der Waals surface area contributed by atoms with Crippen molar-refractivity contribution in [2.45, 2.75) is 13.1 Å². The van der Waals surface area contributed by atoms with E-state index in [0.717, 1.165) is 11.1 Å². The number of carbonyl (C=O) groups is 1. The van der Waals surface area contributed by atoms with Crippen LogP contribution in [0.15, 0.2) is 72.9 Å². The van der Waals surface area contributed by atoms with Crippen LogP contribution >= 0.6 is 0 Å². The van der Waals surface area contributed by atoms with Crippen LogP contribution in [0.25, 0.3) is 0 Å². The molecule has 0 spiro atoms. The third-order valence-electron chi connectivity index (χ3n) is 3.79. The van der Waals surface area contributed by atoms with Crippen LogP contribution in [0, 0.1) is 11.3 Å². The highest BCUT2D eigenvalue weighted by atomic mass is 16.1. The SMILES string of the molecule is N#Cc1ccc(CNC(=O)c2cccn2Cc2ccccc2)cc1. The molecule has 1 N–H and O–H groups in total. The third-order valence-corrected chi connectivity index (χ3v) is 3.79. The lowest BCUT2D eigenvalue weighted by Gasteiger charge is -2.10. The van der Waals surface area contributed by atoms with Crippen molar-refractivity contribution in [3.8, 4) is 6.07 Å². The van der Waals surface area contributed by atoms with Gasteiger partial charge in [0.15, 0.2) is 0 Å². The van der Waals surface area contributed by atoms with Crippen LogP contribution in [0.3, 0.4) is 0 Å². The monoisotopic (exact) mass is 315 g/mol. The Kier molecular flexibility index (Phi) is 4.73. The van der Waals surface area contributed by atoms with E-state index in [-0.39, 0.29) is 5.91 Å². The second-order valence-electron chi connectivity index (χ2n) is 5.50. The Morgan fingerprint density at radius 1 is 0.958 bits per heavy atom. The predicted molar refractivity (Wildman–Crippen MR) is 92.3 cm³/mol. The van der Waals surface area contributed by atoms with E-state index < -0.39 is 0 Å². The molecule has 118 valence electrons. The highest BCUT2D eigenvalue weighted by molar-refractivity contribution is 5.92. The Balaban J connectivity index is 1.65. The summed E-state index contributed by atoms with van der Waals surface area (Å²) in [4.78, 5) is 12.4. The predicted octanol–water partition coefficient (Wildman–Crippen LogP) is 3.34.